The number of carbonyl (C=O) groups excluding carboxylic acids is 3. The molecule has 6 N–H and O–H groups in total. The van der Waals surface area contributed by atoms with Crippen molar-refractivity contribution in [3.8, 4) is 0 Å². The van der Waals surface area contributed by atoms with Crippen LogP contribution in [0.2, 0.25) is 0 Å². The van der Waals surface area contributed by atoms with E-state index in [9.17, 15) is 24.3 Å². The molecule has 0 radical (unpaired) electrons. The minimum atomic E-state index is -1.22. The lowest BCUT2D eigenvalue weighted by Crippen LogP contribution is -2.56. The summed E-state index contributed by atoms with van der Waals surface area (Å²) in [6.45, 7) is 0.789. The molecule has 1 heterocycles. The van der Waals surface area contributed by atoms with Gasteiger partial charge in [-0.3, -0.25) is 19.8 Å². The summed E-state index contributed by atoms with van der Waals surface area (Å²) < 4.78 is 0. The summed E-state index contributed by atoms with van der Waals surface area (Å²) in [6.07, 6.45) is 2.54. The number of nitrogens with one attached hydrogen (secondary N) is 3. The van der Waals surface area contributed by atoms with Crippen molar-refractivity contribution in [2.45, 2.75) is 56.8 Å². The Morgan fingerprint density at radius 1 is 1.16 bits per heavy atom. The Morgan fingerprint density at radius 2 is 1.84 bits per heavy atom. The molecule has 1 aromatic rings. The Kier molecular flexibility index (Phi) is 11.0. The van der Waals surface area contributed by atoms with Crippen LogP contribution in [0.3, 0.4) is 0 Å². The summed E-state index contributed by atoms with van der Waals surface area (Å²) >= 11 is 0. The number of rotatable bonds is 10. The Hall–Kier alpha value is -3.54. The number of likely N-dealkylation sites (N-methyl/N-ethyl adjacent to an activating group) is 1. The van der Waals surface area contributed by atoms with E-state index in [0.29, 0.717) is 25.9 Å². The van der Waals surface area contributed by atoms with Gasteiger partial charge in [-0.1, -0.05) is 30.3 Å². The molecule has 2 aliphatic rings. The maximum absolute atomic E-state index is 13.3. The molecule has 4 amide bonds. The van der Waals surface area contributed by atoms with Crippen LogP contribution in [0.25, 0.3) is 0 Å². The molecule has 2 atom stereocenters. The second-order valence-corrected chi connectivity index (χ2v) is 9.29. The molecule has 1 aromatic carbocycles. The van der Waals surface area contributed by atoms with Gasteiger partial charge in [0.2, 0.25) is 11.8 Å². The summed E-state index contributed by atoms with van der Waals surface area (Å²) in [7, 11) is 1.63. The van der Waals surface area contributed by atoms with Crippen LogP contribution in [0, 0.1) is 5.41 Å². The summed E-state index contributed by atoms with van der Waals surface area (Å²) in [6, 6.07) is 6.98. The summed E-state index contributed by atoms with van der Waals surface area (Å²) in [4.78, 5) is 55.0. The minimum absolute atomic E-state index is 0. The minimum Gasteiger partial charge on any atom is -0.480 e. The molecule has 2 fully saturated rings. The van der Waals surface area contributed by atoms with Crippen LogP contribution >= 0.6 is 12.4 Å². The number of likely N-dealkylation sites (tertiary alicyclic amines) is 1. The van der Waals surface area contributed by atoms with E-state index < -0.39 is 30.5 Å². The predicted molar refractivity (Wildman–Crippen MR) is 139 cm³/mol. The number of amides is 4. The number of carbonyl (C=O) groups is 4. The van der Waals surface area contributed by atoms with Crippen molar-refractivity contribution < 1.29 is 24.3 Å². The number of carboxylic acids is 1. The molecule has 1 saturated heterocycles. The summed E-state index contributed by atoms with van der Waals surface area (Å²) in [5.74, 6) is -2.17. The molecule has 1 aliphatic carbocycles. The number of nitrogens with two attached hydrogens (primary N) is 1. The Bertz CT molecular complexity index is 975. The van der Waals surface area contributed by atoms with Crippen molar-refractivity contribution in [2.75, 3.05) is 26.7 Å². The standard InChI is InChI=1S/C24H35N7O5.ClH/c1-29(18-8-5-11-30(14-18)23(25)26)20(32)12-19(22(35)31(15-21(33)34)17-9-10-17)28-24(36)27-13-16-6-3-2-4-7-16;/h2-4,6-7,17-19H,5,8-15H2,1H3,(H3,25,26)(H,33,34)(H2,27,28,36);1H/t18-,19-;/m0./s1. The lowest BCUT2D eigenvalue weighted by atomic mass is 10.0. The highest BCUT2D eigenvalue weighted by Crippen LogP contribution is 2.27. The van der Waals surface area contributed by atoms with Crippen LogP contribution in [0.4, 0.5) is 4.79 Å². The average molecular weight is 538 g/mol. The number of aliphatic carboxylic acids is 1. The fourth-order valence-corrected chi connectivity index (χ4v) is 4.32. The SMILES string of the molecule is CN(C(=O)C[C@H](NC(=O)NCc1ccccc1)C(=O)N(CC(=O)O)C1CC1)[C@H]1CCCN(C(=N)N)C1.Cl. The Labute approximate surface area is 222 Å². The highest BCUT2D eigenvalue weighted by atomic mass is 35.5. The van der Waals surface area contributed by atoms with E-state index in [1.54, 1.807) is 11.9 Å². The average Bonchev–Trinajstić information content (AvgIpc) is 3.70. The molecule has 1 saturated carbocycles. The third-order valence-corrected chi connectivity index (χ3v) is 6.53. The van der Waals surface area contributed by atoms with Crippen molar-refractivity contribution in [1.82, 2.24) is 25.3 Å². The van der Waals surface area contributed by atoms with Crippen molar-refractivity contribution >= 4 is 42.2 Å². The van der Waals surface area contributed by atoms with Gasteiger partial charge in [-0.25, -0.2) is 4.79 Å². The van der Waals surface area contributed by atoms with Crippen molar-refractivity contribution in [1.29, 1.82) is 5.41 Å². The molecule has 0 aromatic heterocycles. The number of piperidine rings is 1. The molecule has 0 bridgehead atoms. The Balaban J connectivity index is 0.00000481. The molecular weight excluding hydrogens is 502 g/mol. The number of hydrogen-bond donors (Lipinski definition) is 5. The second kappa shape index (κ2) is 13.7. The monoisotopic (exact) mass is 537 g/mol. The van der Waals surface area contributed by atoms with E-state index in [-0.39, 0.29) is 49.3 Å². The van der Waals surface area contributed by atoms with Gasteiger partial charge in [0.05, 0.1) is 6.42 Å². The lowest BCUT2D eigenvalue weighted by molar-refractivity contribution is -0.146. The van der Waals surface area contributed by atoms with Gasteiger partial charge in [-0.15, -0.1) is 12.4 Å². The molecular formula is C24H36ClN7O5. The van der Waals surface area contributed by atoms with E-state index in [1.165, 1.54) is 9.80 Å². The number of guanidine groups is 1. The van der Waals surface area contributed by atoms with Gasteiger partial charge in [0.1, 0.15) is 12.6 Å². The highest BCUT2D eigenvalue weighted by Gasteiger charge is 2.39. The van der Waals surface area contributed by atoms with Gasteiger partial charge in [0.25, 0.3) is 0 Å². The van der Waals surface area contributed by atoms with Crippen LogP contribution < -0.4 is 16.4 Å². The van der Waals surface area contributed by atoms with Gasteiger partial charge < -0.3 is 36.2 Å². The number of carboxylic acid groups (broad SMARTS) is 1. The molecule has 13 heteroatoms. The maximum atomic E-state index is 13.3. The molecule has 204 valence electrons. The van der Waals surface area contributed by atoms with Gasteiger partial charge in [0, 0.05) is 38.8 Å². The van der Waals surface area contributed by atoms with E-state index in [2.05, 4.69) is 10.6 Å². The van der Waals surface area contributed by atoms with Gasteiger partial charge in [-0.2, -0.15) is 0 Å². The van der Waals surface area contributed by atoms with Gasteiger partial charge >= 0.3 is 12.0 Å². The topological polar surface area (TPSA) is 172 Å². The van der Waals surface area contributed by atoms with E-state index >= 15 is 0 Å². The molecule has 0 spiro atoms. The molecule has 0 unspecified atom stereocenters. The van der Waals surface area contributed by atoms with Crippen LogP contribution in [-0.4, -0.2) is 94.4 Å². The van der Waals surface area contributed by atoms with Crippen LogP contribution in [-0.2, 0) is 20.9 Å². The van der Waals surface area contributed by atoms with Crippen LogP contribution in [0.15, 0.2) is 30.3 Å². The zero-order valence-electron chi connectivity index (χ0n) is 20.9. The first-order chi connectivity index (χ1) is 17.2. The number of urea groups is 1. The fourth-order valence-electron chi connectivity index (χ4n) is 4.32. The van der Waals surface area contributed by atoms with Gasteiger partial charge in [0.15, 0.2) is 5.96 Å². The van der Waals surface area contributed by atoms with E-state index in [0.717, 1.165) is 18.4 Å². The zero-order chi connectivity index (χ0) is 26.2. The number of nitrogens with zero attached hydrogens (tertiary/aromatic N) is 3. The van der Waals surface area contributed by atoms with Crippen molar-refractivity contribution in [3.63, 3.8) is 0 Å². The van der Waals surface area contributed by atoms with Crippen LogP contribution in [0.5, 0.6) is 0 Å². The third-order valence-electron chi connectivity index (χ3n) is 6.53. The zero-order valence-corrected chi connectivity index (χ0v) is 21.7. The van der Waals surface area contributed by atoms with Gasteiger partial charge in [-0.05, 0) is 31.2 Å². The number of halogens is 1. The molecule has 12 nitrogen and oxygen atoms in total. The smallest absolute Gasteiger partial charge is 0.323 e. The molecule has 37 heavy (non-hydrogen) atoms. The maximum Gasteiger partial charge on any atom is 0.323 e. The first-order valence-corrected chi connectivity index (χ1v) is 12.1. The first-order valence-electron chi connectivity index (χ1n) is 12.1. The van der Waals surface area contributed by atoms with Crippen LogP contribution in [0.1, 0.15) is 37.7 Å². The molecule has 3 rings (SSSR count). The summed E-state index contributed by atoms with van der Waals surface area (Å²) in [5, 5.41) is 22.2. The van der Waals surface area contributed by atoms with E-state index in [4.69, 9.17) is 11.1 Å². The first kappa shape index (κ1) is 29.7. The number of benzene rings is 1. The van der Waals surface area contributed by atoms with E-state index in [1.807, 2.05) is 30.3 Å². The number of hydrogen-bond acceptors (Lipinski definition) is 5. The normalized spacial score (nSPS) is 17.5. The quantitative estimate of drug-likeness (QED) is 0.214. The lowest BCUT2D eigenvalue weighted by Gasteiger charge is -2.38. The predicted octanol–water partition coefficient (Wildman–Crippen LogP) is 0.558. The largest absolute Gasteiger partial charge is 0.480 e. The second-order valence-electron chi connectivity index (χ2n) is 9.29. The fraction of sp³-hybridized carbons (Fsp3) is 0.542. The third kappa shape index (κ3) is 8.81. The summed E-state index contributed by atoms with van der Waals surface area (Å²) in [5.41, 5.74) is 6.48. The van der Waals surface area contributed by atoms with Crippen molar-refractivity contribution in [3.05, 3.63) is 35.9 Å². The Morgan fingerprint density at radius 3 is 2.43 bits per heavy atom. The van der Waals surface area contributed by atoms with Crippen molar-refractivity contribution in [2.24, 2.45) is 5.73 Å². The molecule has 1 aliphatic heterocycles. The highest BCUT2D eigenvalue weighted by molar-refractivity contribution is 5.93.